The SMILES string of the molecule is COCCN(C)C1NC(c2c[nH]c3ncc(-c4ccccc4)cc23)=CS1. The first kappa shape index (κ1) is 17.1. The molecule has 0 amide bonds. The molecule has 1 aliphatic heterocycles. The Morgan fingerprint density at radius 3 is 2.88 bits per heavy atom. The van der Waals surface area contributed by atoms with Crippen molar-refractivity contribution in [3.8, 4) is 11.1 Å². The number of hydrogen-bond acceptors (Lipinski definition) is 5. The number of thioether (sulfide) groups is 1. The number of ether oxygens (including phenoxy) is 1. The Balaban J connectivity index is 1.59. The molecule has 1 aromatic carbocycles. The third-order valence-corrected chi connectivity index (χ3v) is 5.68. The summed E-state index contributed by atoms with van der Waals surface area (Å²) < 4.78 is 5.18. The second-order valence-electron chi connectivity index (χ2n) is 6.33. The maximum atomic E-state index is 5.18. The van der Waals surface area contributed by atoms with Gasteiger partial charge in [-0.15, -0.1) is 0 Å². The number of aromatic amines is 1. The van der Waals surface area contributed by atoms with Crippen molar-refractivity contribution in [2.45, 2.75) is 5.50 Å². The minimum absolute atomic E-state index is 0.218. The normalized spacial score (nSPS) is 16.9. The zero-order chi connectivity index (χ0) is 17.9. The van der Waals surface area contributed by atoms with E-state index >= 15 is 0 Å². The smallest absolute Gasteiger partial charge is 0.137 e. The van der Waals surface area contributed by atoms with Crippen molar-refractivity contribution < 1.29 is 4.74 Å². The molecule has 3 aromatic rings. The lowest BCUT2D eigenvalue weighted by Gasteiger charge is -2.24. The first-order valence-electron chi connectivity index (χ1n) is 8.60. The van der Waals surface area contributed by atoms with Gasteiger partial charge in [0.1, 0.15) is 11.1 Å². The summed E-state index contributed by atoms with van der Waals surface area (Å²) in [6.07, 6.45) is 3.95. The van der Waals surface area contributed by atoms with E-state index in [2.05, 4.69) is 63.0 Å². The Kier molecular flexibility index (Phi) is 4.97. The number of hydrogen-bond donors (Lipinski definition) is 2. The van der Waals surface area contributed by atoms with Crippen LogP contribution in [0.25, 0.3) is 27.9 Å². The van der Waals surface area contributed by atoms with Crippen LogP contribution in [0.5, 0.6) is 0 Å². The van der Waals surface area contributed by atoms with E-state index in [1.165, 1.54) is 5.56 Å². The third kappa shape index (κ3) is 3.35. The summed E-state index contributed by atoms with van der Waals surface area (Å²) in [5.41, 5.74) is 5.70. The highest BCUT2D eigenvalue weighted by atomic mass is 32.2. The van der Waals surface area contributed by atoms with Gasteiger partial charge >= 0.3 is 0 Å². The standard InChI is InChI=1S/C20H22N4OS/c1-24(8-9-25-2)20-23-18(13-26-20)17-12-22-19-16(17)10-15(11-21-19)14-6-4-3-5-7-14/h3-7,10-13,20,23H,8-9H2,1-2H3,(H,21,22). The van der Waals surface area contributed by atoms with Crippen LogP contribution in [0.1, 0.15) is 5.56 Å². The maximum Gasteiger partial charge on any atom is 0.137 e. The van der Waals surface area contributed by atoms with E-state index in [-0.39, 0.29) is 5.50 Å². The van der Waals surface area contributed by atoms with Crippen LogP contribution in [0.2, 0.25) is 0 Å². The van der Waals surface area contributed by atoms with Crippen LogP contribution in [-0.4, -0.2) is 47.7 Å². The van der Waals surface area contributed by atoms with Crippen molar-refractivity contribution >= 4 is 28.5 Å². The fourth-order valence-electron chi connectivity index (χ4n) is 3.06. The van der Waals surface area contributed by atoms with Gasteiger partial charge in [0.05, 0.1) is 12.3 Å². The molecule has 6 heteroatoms. The van der Waals surface area contributed by atoms with Gasteiger partial charge in [-0.05, 0) is 24.1 Å². The Bertz CT molecular complexity index is 922. The van der Waals surface area contributed by atoms with E-state index in [0.29, 0.717) is 0 Å². The number of pyridine rings is 1. The summed E-state index contributed by atoms with van der Waals surface area (Å²) in [6, 6.07) is 12.6. The van der Waals surface area contributed by atoms with Gasteiger partial charge in [-0.3, -0.25) is 4.90 Å². The zero-order valence-electron chi connectivity index (χ0n) is 14.9. The number of rotatable bonds is 6. The maximum absolute atomic E-state index is 5.18. The van der Waals surface area contributed by atoms with Gasteiger partial charge in [0, 0.05) is 42.6 Å². The van der Waals surface area contributed by atoms with Crippen molar-refractivity contribution in [1.29, 1.82) is 0 Å². The molecule has 2 aromatic heterocycles. The van der Waals surface area contributed by atoms with Gasteiger partial charge in [0.15, 0.2) is 0 Å². The number of methoxy groups -OCH3 is 1. The fraction of sp³-hybridized carbons (Fsp3) is 0.250. The Morgan fingerprint density at radius 2 is 2.08 bits per heavy atom. The highest BCUT2D eigenvalue weighted by molar-refractivity contribution is 8.03. The number of H-pyrrole nitrogens is 1. The largest absolute Gasteiger partial charge is 0.383 e. The van der Waals surface area contributed by atoms with E-state index in [1.54, 1.807) is 18.9 Å². The predicted octanol–water partition coefficient (Wildman–Crippen LogP) is 3.73. The lowest BCUT2D eigenvalue weighted by Crippen LogP contribution is -2.39. The number of aromatic nitrogens is 2. The molecule has 0 radical (unpaired) electrons. The first-order chi connectivity index (χ1) is 12.8. The number of nitrogens with zero attached hydrogens (tertiary/aromatic N) is 2. The average Bonchev–Trinajstić information content (AvgIpc) is 3.33. The van der Waals surface area contributed by atoms with Crippen molar-refractivity contribution in [3.05, 3.63) is 59.8 Å². The van der Waals surface area contributed by atoms with Crippen LogP contribution >= 0.6 is 11.8 Å². The molecule has 0 saturated carbocycles. The molecule has 1 unspecified atom stereocenters. The Labute approximate surface area is 157 Å². The molecule has 134 valence electrons. The van der Waals surface area contributed by atoms with E-state index < -0.39 is 0 Å². The zero-order valence-corrected chi connectivity index (χ0v) is 15.7. The molecule has 2 N–H and O–H groups in total. The van der Waals surface area contributed by atoms with Gasteiger partial charge in [-0.2, -0.15) is 0 Å². The molecule has 0 aliphatic carbocycles. The van der Waals surface area contributed by atoms with Gasteiger partial charge in [-0.1, -0.05) is 42.1 Å². The third-order valence-electron chi connectivity index (χ3n) is 4.57. The highest BCUT2D eigenvalue weighted by Gasteiger charge is 2.23. The van der Waals surface area contributed by atoms with E-state index in [1.807, 2.05) is 18.5 Å². The molecule has 0 fully saturated rings. The van der Waals surface area contributed by atoms with E-state index in [0.717, 1.165) is 41.0 Å². The van der Waals surface area contributed by atoms with Crippen LogP contribution in [-0.2, 0) is 4.74 Å². The second-order valence-corrected chi connectivity index (χ2v) is 7.28. The van der Waals surface area contributed by atoms with Crippen molar-refractivity contribution in [2.75, 3.05) is 27.3 Å². The monoisotopic (exact) mass is 366 g/mol. The van der Waals surface area contributed by atoms with Crippen LogP contribution in [0.3, 0.4) is 0 Å². The second kappa shape index (κ2) is 7.53. The lowest BCUT2D eigenvalue weighted by molar-refractivity contribution is 0.154. The highest BCUT2D eigenvalue weighted by Crippen LogP contribution is 2.33. The minimum Gasteiger partial charge on any atom is -0.383 e. The summed E-state index contributed by atoms with van der Waals surface area (Å²) >= 11 is 1.78. The molecular weight excluding hydrogens is 344 g/mol. The Hall–Kier alpha value is -2.28. The van der Waals surface area contributed by atoms with Crippen molar-refractivity contribution in [1.82, 2.24) is 20.2 Å². The summed E-state index contributed by atoms with van der Waals surface area (Å²) in [7, 11) is 3.83. The van der Waals surface area contributed by atoms with Gasteiger partial charge in [0.25, 0.3) is 0 Å². The summed E-state index contributed by atoms with van der Waals surface area (Å²) in [4.78, 5) is 10.1. The summed E-state index contributed by atoms with van der Waals surface area (Å²) in [5.74, 6) is 0. The molecule has 3 heterocycles. The summed E-state index contributed by atoms with van der Waals surface area (Å²) in [5, 5.41) is 6.92. The van der Waals surface area contributed by atoms with Crippen molar-refractivity contribution in [2.24, 2.45) is 0 Å². The average molecular weight is 366 g/mol. The van der Waals surface area contributed by atoms with E-state index in [4.69, 9.17) is 4.74 Å². The number of benzene rings is 1. The van der Waals surface area contributed by atoms with Crippen LogP contribution in [0, 0.1) is 0 Å². The molecule has 5 nitrogen and oxygen atoms in total. The van der Waals surface area contributed by atoms with E-state index in [9.17, 15) is 0 Å². The van der Waals surface area contributed by atoms with Gasteiger partial charge in [-0.25, -0.2) is 4.98 Å². The molecule has 1 atom stereocenters. The first-order valence-corrected chi connectivity index (χ1v) is 9.55. The van der Waals surface area contributed by atoms with Crippen molar-refractivity contribution in [3.63, 3.8) is 0 Å². The summed E-state index contributed by atoms with van der Waals surface area (Å²) in [6.45, 7) is 1.61. The molecule has 0 spiro atoms. The number of likely N-dealkylation sites (N-methyl/N-ethyl adjacent to an activating group) is 1. The number of nitrogens with one attached hydrogen (secondary N) is 2. The minimum atomic E-state index is 0.218. The molecular formula is C20H22N4OS. The molecule has 0 saturated heterocycles. The molecule has 1 aliphatic rings. The van der Waals surface area contributed by atoms with Crippen LogP contribution in [0.15, 0.2) is 54.2 Å². The lowest BCUT2D eigenvalue weighted by atomic mass is 10.1. The predicted molar refractivity (Wildman–Crippen MR) is 109 cm³/mol. The van der Waals surface area contributed by atoms with Crippen LogP contribution < -0.4 is 5.32 Å². The molecule has 4 rings (SSSR count). The topological polar surface area (TPSA) is 53.2 Å². The molecule has 0 bridgehead atoms. The van der Waals surface area contributed by atoms with Crippen LogP contribution in [0.4, 0.5) is 0 Å². The fourth-order valence-corrected chi connectivity index (χ4v) is 4.02. The Morgan fingerprint density at radius 1 is 1.23 bits per heavy atom. The quantitative estimate of drug-likeness (QED) is 0.696. The number of fused-ring (bicyclic) bond motifs is 1. The van der Waals surface area contributed by atoms with Gasteiger partial charge < -0.3 is 15.0 Å². The van der Waals surface area contributed by atoms with Gasteiger partial charge in [0.2, 0.25) is 0 Å². The molecule has 26 heavy (non-hydrogen) atoms.